The summed E-state index contributed by atoms with van der Waals surface area (Å²) in [6, 6.07) is 8.68. The van der Waals surface area contributed by atoms with Crippen LogP contribution < -0.4 is 10.2 Å². The minimum Gasteiger partial charge on any atom is -0.356 e. The number of hydrogen-bond acceptors (Lipinski definition) is 3. The molecular formula is C19H31N5. The van der Waals surface area contributed by atoms with Crippen LogP contribution in [0.25, 0.3) is 0 Å². The van der Waals surface area contributed by atoms with Crippen LogP contribution in [0.5, 0.6) is 0 Å². The number of para-hydroxylation sites is 1. The third-order valence-electron chi connectivity index (χ3n) is 5.07. The number of guanidine groups is 1. The summed E-state index contributed by atoms with van der Waals surface area (Å²) in [4.78, 5) is 12.3. The first-order valence-electron chi connectivity index (χ1n) is 9.40. The Bertz CT molecular complexity index is 548. The Kier molecular flexibility index (Phi) is 6.10. The van der Waals surface area contributed by atoms with Gasteiger partial charge < -0.3 is 15.1 Å². The van der Waals surface area contributed by atoms with Gasteiger partial charge in [-0.15, -0.1) is 0 Å². The monoisotopic (exact) mass is 329 g/mol. The summed E-state index contributed by atoms with van der Waals surface area (Å²) < 4.78 is 0. The molecule has 1 N–H and O–H groups in total. The zero-order valence-electron chi connectivity index (χ0n) is 15.2. The van der Waals surface area contributed by atoms with Gasteiger partial charge in [0.1, 0.15) is 0 Å². The van der Waals surface area contributed by atoms with Crippen LogP contribution in [-0.2, 0) is 6.42 Å². The molecular weight excluding hydrogens is 298 g/mol. The Morgan fingerprint density at radius 2 is 1.79 bits per heavy atom. The number of anilines is 1. The number of nitrogens with zero attached hydrogens (tertiary/aromatic N) is 4. The fourth-order valence-electron chi connectivity index (χ4n) is 3.58. The van der Waals surface area contributed by atoms with Gasteiger partial charge in [-0.2, -0.15) is 0 Å². The SMILES string of the molecule is CCNC(=NCCN1CCN(CC)CC1)N1CCc2ccccc21. The molecule has 24 heavy (non-hydrogen) atoms. The van der Waals surface area contributed by atoms with Crippen molar-refractivity contribution in [3.8, 4) is 0 Å². The first-order valence-corrected chi connectivity index (χ1v) is 9.40. The molecule has 2 aliphatic heterocycles. The predicted molar refractivity (Wildman–Crippen MR) is 102 cm³/mol. The molecule has 5 nitrogen and oxygen atoms in total. The maximum absolute atomic E-state index is 4.90. The number of benzene rings is 1. The van der Waals surface area contributed by atoms with Gasteiger partial charge in [-0.25, -0.2) is 0 Å². The van der Waals surface area contributed by atoms with Crippen molar-refractivity contribution in [2.45, 2.75) is 20.3 Å². The summed E-state index contributed by atoms with van der Waals surface area (Å²) in [5.74, 6) is 1.04. The van der Waals surface area contributed by atoms with Crippen molar-refractivity contribution >= 4 is 11.6 Å². The highest BCUT2D eigenvalue weighted by atomic mass is 15.3. The summed E-state index contributed by atoms with van der Waals surface area (Å²) in [7, 11) is 0. The lowest BCUT2D eigenvalue weighted by molar-refractivity contribution is 0.140. The molecule has 2 heterocycles. The molecule has 3 rings (SSSR count). The van der Waals surface area contributed by atoms with Crippen molar-refractivity contribution in [1.82, 2.24) is 15.1 Å². The third kappa shape index (κ3) is 4.08. The van der Waals surface area contributed by atoms with E-state index >= 15 is 0 Å². The quantitative estimate of drug-likeness (QED) is 0.658. The van der Waals surface area contributed by atoms with Crippen molar-refractivity contribution in [2.75, 3.05) is 63.8 Å². The molecule has 1 fully saturated rings. The second kappa shape index (κ2) is 8.49. The van der Waals surface area contributed by atoms with E-state index in [9.17, 15) is 0 Å². The molecule has 1 aromatic rings. The number of piperazine rings is 1. The first kappa shape index (κ1) is 17.2. The van der Waals surface area contributed by atoms with Crippen LogP contribution in [0.2, 0.25) is 0 Å². The van der Waals surface area contributed by atoms with Gasteiger partial charge in [0.25, 0.3) is 0 Å². The molecule has 132 valence electrons. The van der Waals surface area contributed by atoms with Gasteiger partial charge in [-0.1, -0.05) is 25.1 Å². The van der Waals surface area contributed by atoms with Crippen molar-refractivity contribution in [3.05, 3.63) is 29.8 Å². The standard InChI is InChI=1S/C19H31N5/c1-3-20-19(24-11-9-17-7-5-6-8-18(17)24)21-10-12-23-15-13-22(4-2)14-16-23/h5-8H,3-4,9-16H2,1-2H3,(H,20,21). The van der Waals surface area contributed by atoms with E-state index in [2.05, 4.69) is 58.1 Å². The molecule has 1 aromatic carbocycles. The Hall–Kier alpha value is -1.59. The minimum absolute atomic E-state index is 0.868. The fraction of sp³-hybridized carbons (Fsp3) is 0.632. The smallest absolute Gasteiger partial charge is 0.198 e. The second-order valence-corrected chi connectivity index (χ2v) is 6.54. The first-order chi connectivity index (χ1) is 11.8. The van der Waals surface area contributed by atoms with Crippen LogP contribution in [-0.4, -0.2) is 74.7 Å². The van der Waals surface area contributed by atoms with Crippen LogP contribution in [0.1, 0.15) is 19.4 Å². The van der Waals surface area contributed by atoms with Crippen molar-refractivity contribution in [3.63, 3.8) is 0 Å². The number of likely N-dealkylation sites (N-methyl/N-ethyl adjacent to an activating group) is 1. The molecule has 5 heteroatoms. The van der Waals surface area contributed by atoms with Crippen molar-refractivity contribution in [1.29, 1.82) is 0 Å². The zero-order valence-corrected chi connectivity index (χ0v) is 15.2. The molecule has 0 aromatic heterocycles. The summed E-state index contributed by atoms with van der Waals surface area (Å²) in [5.41, 5.74) is 2.74. The van der Waals surface area contributed by atoms with Gasteiger partial charge in [-0.3, -0.25) is 9.89 Å². The van der Waals surface area contributed by atoms with Gasteiger partial charge in [-0.05, 0) is 31.5 Å². The van der Waals surface area contributed by atoms with Crippen LogP contribution in [0, 0.1) is 0 Å². The maximum atomic E-state index is 4.90. The predicted octanol–water partition coefficient (Wildman–Crippen LogP) is 1.65. The highest BCUT2D eigenvalue weighted by molar-refractivity contribution is 5.97. The molecule has 2 aliphatic rings. The van der Waals surface area contributed by atoms with E-state index in [4.69, 9.17) is 4.99 Å². The molecule has 0 atom stereocenters. The summed E-state index contributed by atoms with van der Waals surface area (Å²) in [6.07, 6.45) is 1.11. The average Bonchev–Trinajstić information content (AvgIpc) is 3.05. The molecule has 0 aliphatic carbocycles. The molecule has 0 radical (unpaired) electrons. The van der Waals surface area contributed by atoms with E-state index in [0.29, 0.717) is 0 Å². The van der Waals surface area contributed by atoms with Gasteiger partial charge in [0, 0.05) is 51.5 Å². The Labute approximate surface area is 146 Å². The summed E-state index contributed by atoms with van der Waals surface area (Å²) in [6.45, 7) is 14.2. The number of rotatable bonds is 5. The number of nitrogens with one attached hydrogen (secondary N) is 1. The largest absolute Gasteiger partial charge is 0.356 e. The van der Waals surface area contributed by atoms with Gasteiger partial charge in [0.2, 0.25) is 0 Å². The lowest BCUT2D eigenvalue weighted by Crippen LogP contribution is -2.47. The molecule has 0 bridgehead atoms. The van der Waals surface area contributed by atoms with E-state index in [-0.39, 0.29) is 0 Å². The van der Waals surface area contributed by atoms with Crippen LogP contribution in [0.15, 0.2) is 29.3 Å². The number of aliphatic imine (C=N–C) groups is 1. The Morgan fingerprint density at radius 1 is 1.04 bits per heavy atom. The fourth-order valence-corrected chi connectivity index (χ4v) is 3.58. The lowest BCUT2D eigenvalue weighted by Gasteiger charge is -2.33. The van der Waals surface area contributed by atoms with Gasteiger partial charge in [0.15, 0.2) is 5.96 Å². The zero-order chi connectivity index (χ0) is 16.8. The summed E-state index contributed by atoms with van der Waals surface area (Å²) in [5, 5.41) is 3.47. The lowest BCUT2D eigenvalue weighted by atomic mass is 10.2. The molecule has 0 amide bonds. The Morgan fingerprint density at radius 3 is 2.54 bits per heavy atom. The van der Waals surface area contributed by atoms with E-state index in [1.54, 1.807) is 0 Å². The van der Waals surface area contributed by atoms with Crippen LogP contribution in [0.3, 0.4) is 0 Å². The normalized spacial score (nSPS) is 19.6. The molecule has 0 unspecified atom stereocenters. The Balaban J connectivity index is 1.57. The number of fused-ring (bicyclic) bond motifs is 1. The van der Waals surface area contributed by atoms with E-state index < -0.39 is 0 Å². The van der Waals surface area contributed by atoms with E-state index in [1.807, 2.05) is 0 Å². The average molecular weight is 329 g/mol. The molecule has 0 saturated carbocycles. The van der Waals surface area contributed by atoms with Crippen molar-refractivity contribution < 1.29 is 0 Å². The highest BCUT2D eigenvalue weighted by Crippen LogP contribution is 2.27. The van der Waals surface area contributed by atoms with E-state index in [1.165, 1.54) is 44.0 Å². The topological polar surface area (TPSA) is 34.1 Å². The van der Waals surface area contributed by atoms with Gasteiger partial charge >= 0.3 is 0 Å². The van der Waals surface area contributed by atoms with Gasteiger partial charge in [0.05, 0.1) is 6.54 Å². The highest BCUT2D eigenvalue weighted by Gasteiger charge is 2.22. The molecule has 0 spiro atoms. The van der Waals surface area contributed by atoms with Crippen LogP contribution in [0.4, 0.5) is 5.69 Å². The van der Waals surface area contributed by atoms with E-state index in [0.717, 1.165) is 38.6 Å². The second-order valence-electron chi connectivity index (χ2n) is 6.54. The number of hydrogen-bond donors (Lipinski definition) is 1. The third-order valence-corrected chi connectivity index (χ3v) is 5.07. The summed E-state index contributed by atoms with van der Waals surface area (Å²) >= 11 is 0. The minimum atomic E-state index is 0.868. The van der Waals surface area contributed by atoms with Crippen molar-refractivity contribution in [2.24, 2.45) is 4.99 Å². The molecule has 1 saturated heterocycles. The van der Waals surface area contributed by atoms with Crippen LogP contribution >= 0.6 is 0 Å². The maximum Gasteiger partial charge on any atom is 0.198 e.